The van der Waals surface area contributed by atoms with E-state index in [1.54, 1.807) is 22.4 Å². The molecule has 0 aliphatic heterocycles. The van der Waals surface area contributed by atoms with Crippen molar-refractivity contribution in [3.63, 3.8) is 0 Å². The highest BCUT2D eigenvalue weighted by atomic mass is 16.2. The van der Waals surface area contributed by atoms with Crippen molar-refractivity contribution in [1.82, 2.24) is 24.2 Å². The second-order valence-corrected chi connectivity index (χ2v) is 7.71. The second-order valence-electron chi connectivity index (χ2n) is 7.71. The molecule has 2 rings (SSSR count). The molecule has 0 aliphatic rings. The number of rotatable bonds is 7. The van der Waals surface area contributed by atoms with E-state index in [1.807, 2.05) is 25.7 Å². The molecule has 7 nitrogen and oxygen atoms in total. The Morgan fingerprint density at radius 3 is 2.35 bits per heavy atom. The molecule has 26 heavy (non-hydrogen) atoms. The molecule has 0 N–H and O–H groups in total. The Morgan fingerprint density at radius 2 is 1.81 bits per heavy atom. The van der Waals surface area contributed by atoms with Crippen molar-refractivity contribution in [3.05, 3.63) is 22.4 Å². The van der Waals surface area contributed by atoms with Crippen molar-refractivity contribution in [1.29, 1.82) is 0 Å². The van der Waals surface area contributed by atoms with Crippen LogP contribution in [0.3, 0.4) is 0 Å². The highest BCUT2D eigenvalue weighted by Gasteiger charge is 2.21. The van der Waals surface area contributed by atoms with Crippen LogP contribution in [0.15, 0.2) is 11.0 Å². The van der Waals surface area contributed by atoms with Crippen molar-refractivity contribution >= 4 is 16.9 Å². The minimum atomic E-state index is -0.253. The molecule has 0 spiro atoms. The van der Waals surface area contributed by atoms with E-state index in [-0.39, 0.29) is 17.0 Å². The number of fused-ring (bicyclic) bond motifs is 1. The van der Waals surface area contributed by atoms with Crippen molar-refractivity contribution < 1.29 is 4.79 Å². The SMILES string of the molecule is CCCN(CCC)C(=O)CCn1c(C)nc2c(cnn2C(C)(C)C)c1=O. The van der Waals surface area contributed by atoms with Gasteiger partial charge in [0.15, 0.2) is 5.65 Å². The number of carbonyl (C=O) groups excluding carboxylic acids is 1. The van der Waals surface area contributed by atoms with E-state index in [1.165, 1.54) is 0 Å². The van der Waals surface area contributed by atoms with E-state index in [9.17, 15) is 9.59 Å². The van der Waals surface area contributed by atoms with Gasteiger partial charge in [-0.3, -0.25) is 14.2 Å². The maximum Gasteiger partial charge on any atom is 0.264 e. The van der Waals surface area contributed by atoms with Gasteiger partial charge in [0.25, 0.3) is 5.56 Å². The summed E-state index contributed by atoms with van der Waals surface area (Å²) >= 11 is 0. The second kappa shape index (κ2) is 8.01. The van der Waals surface area contributed by atoms with Crippen LogP contribution in [0.5, 0.6) is 0 Å². The van der Waals surface area contributed by atoms with Gasteiger partial charge in [0, 0.05) is 26.1 Å². The molecule has 1 amide bonds. The van der Waals surface area contributed by atoms with Crippen LogP contribution in [-0.2, 0) is 16.9 Å². The molecule has 7 heteroatoms. The van der Waals surface area contributed by atoms with Crippen molar-refractivity contribution in [3.8, 4) is 0 Å². The third-order valence-electron chi connectivity index (χ3n) is 4.40. The molecular formula is C19H31N5O2. The number of amides is 1. The zero-order valence-corrected chi connectivity index (χ0v) is 16.9. The fraction of sp³-hybridized carbons (Fsp3) is 0.684. The molecule has 2 aromatic heterocycles. The number of aromatic nitrogens is 4. The fourth-order valence-electron chi connectivity index (χ4n) is 3.13. The number of aryl methyl sites for hydroxylation is 1. The summed E-state index contributed by atoms with van der Waals surface area (Å²) in [6, 6.07) is 0. The average molecular weight is 361 g/mol. The lowest BCUT2D eigenvalue weighted by Crippen LogP contribution is -2.34. The largest absolute Gasteiger partial charge is 0.343 e. The van der Waals surface area contributed by atoms with Gasteiger partial charge in [-0.2, -0.15) is 5.10 Å². The highest BCUT2D eigenvalue weighted by Crippen LogP contribution is 2.18. The van der Waals surface area contributed by atoms with Crippen molar-refractivity contribution in [2.75, 3.05) is 13.1 Å². The first kappa shape index (κ1) is 20.1. The summed E-state index contributed by atoms with van der Waals surface area (Å²) in [5.74, 6) is 0.698. The zero-order chi connectivity index (χ0) is 19.5. The summed E-state index contributed by atoms with van der Waals surface area (Å²) in [5, 5.41) is 4.84. The third-order valence-corrected chi connectivity index (χ3v) is 4.40. The Kier molecular flexibility index (Phi) is 6.21. The minimum absolute atomic E-state index is 0.0884. The van der Waals surface area contributed by atoms with Gasteiger partial charge in [-0.1, -0.05) is 13.8 Å². The zero-order valence-electron chi connectivity index (χ0n) is 16.9. The van der Waals surface area contributed by atoms with Crippen LogP contribution in [0.2, 0.25) is 0 Å². The van der Waals surface area contributed by atoms with Gasteiger partial charge in [0.1, 0.15) is 11.2 Å². The lowest BCUT2D eigenvalue weighted by molar-refractivity contribution is -0.131. The molecule has 0 aliphatic carbocycles. The molecule has 0 saturated carbocycles. The number of nitrogens with zero attached hydrogens (tertiary/aromatic N) is 5. The number of hydrogen-bond donors (Lipinski definition) is 0. The predicted octanol–water partition coefficient (Wildman–Crippen LogP) is 2.70. The van der Waals surface area contributed by atoms with Crippen LogP contribution in [0, 0.1) is 6.92 Å². The lowest BCUT2D eigenvalue weighted by atomic mass is 10.1. The van der Waals surface area contributed by atoms with Gasteiger partial charge in [0.05, 0.1) is 11.7 Å². The van der Waals surface area contributed by atoms with Crippen molar-refractivity contribution in [2.45, 2.75) is 72.9 Å². The molecule has 2 heterocycles. The van der Waals surface area contributed by atoms with Crippen LogP contribution in [0.4, 0.5) is 0 Å². The van der Waals surface area contributed by atoms with E-state index >= 15 is 0 Å². The van der Waals surface area contributed by atoms with Crippen LogP contribution < -0.4 is 5.56 Å². The van der Waals surface area contributed by atoms with Gasteiger partial charge >= 0.3 is 0 Å². The van der Waals surface area contributed by atoms with Crippen LogP contribution >= 0.6 is 0 Å². The molecule has 0 radical (unpaired) electrons. The summed E-state index contributed by atoms with van der Waals surface area (Å²) in [5.41, 5.74) is 0.214. The summed E-state index contributed by atoms with van der Waals surface area (Å²) in [7, 11) is 0. The van der Waals surface area contributed by atoms with Crippen LogP contribution in [0.1, 0.15) is 59.7 Å². The summed E-state index contributed by atoms with van der Waals surface area (Å²) in [6.45, 7) is 13.9. The smallest absolute Gasteiger partial charge is 0.264 e. The minimum Gasteiger partial charge on any atom is -0.343 e. The van der Waals surface area contributed by atoms with E-state index in [0.717, 1.165) is 25.9 Å². The number of hydrogen-bond acceptors (Lipinski definition) is 4. The fourth-order valence-corrected chi connectivity index (χ4v) is 3.13. The van der Waals surface area contributed by atoms with Gasteiger partial charge in [0.2, 0.25) is 5.91 Å². The topological polar surface area (TPSA) is 73.0 Å². The van der Waals surface area contributed by atoms with E-state index in [2.05, 4.69) is 23.9 Å². The molecule has 0 bridgehead atoms. The average Bonchev–Trinajstić information content (AvgIpc) is 2.98. The highest BCUT2D eigenvalue weighted by molar-refractivity contribution is 5.76. The maximum atomic E-state index is 12.9. The third kappa shape index (κ3) is 4.14. The number of carbonyl (C=O) groups is 1. The normalized spacial score (nSPS) is 11.9. The van der Waals surface area contributed by atoms with E-state index in [0.29, 0.717) is 29.8 Å². The predicted molar refractivity (Wildman–Crippen MR) is 103 cm³/mol. The molecular weight excluding hydrogens is 330 g/mol. The summed E-state index contributed by atoms with van der Waals surface area (Å²) in [4.78, 5) is 31.8. The molecule has 0 atom stereocenters. The van der Waals surface area contributed by atoms with Gasteiger partial charge in [-0.05, 0) is 40.5 Å². The van der Waals surface area contributed by atoms with Gasteiger partial charge < -0.3 is 4.90 Å². The van der Waals surface area contributed by atoms with Gasteiger partial charge in [-0.15, -0.1) is 0 Å². The first-order valence-corrected chi connectivity index (χ1v) is 9.44. The monoisotopic (exact) mass is 361 g/mol. The quantitative estimate of drug-likeness (QED) is 0.760. The molecule has 0 unspecified atom stereocenters. The summed E-state index contributed by atoms with van der Waals surface area (Å²) in [6.07, 6.45) is 3.75. The standard InChI is InChI=1S/C19H31N5O2/c1-7-10-22(11-8-2)16(25)9-12-23-14(3)21-17-15(18(23)26)13-20-24(17)19(4,5)6/h13H,7-12H2,1-6H3. The Hall–Kier alpha value is -2.18. The molecule has 0 aromatic carbocycles. The molecule has 0 saturated heterocycles. The lowest BCUT2D eigenvalue weighted by Gasteiger charge is -2.22. The Bertz CT molecular complexity index is 823. The molecule has 2 aromatic rings. The Labute approximate surface area is 155 Å². The Morgan fingerprint density at radius 1 is 1.19 bits per heavy atom. The van der Waals surface area contributed by atoms with E-state index < -0.39 is 0 Å². The van der Waals surface area contributed by atoms with Crippen molar-refractivity contribution in [2.24, 2.45) is 0 Å². The van der Waals surface area contributed by atoms with Crippen LogP contribution in [-0.4, -0.2) is 43.2 Å². The Balaban J connectivity index is 2.28. The van der Waals surface area contributed by atoms with E-state index in [4.69, 9.17) is 0 Å². The molecule has 144 valence electrons. The first-order valence-electron chi connectivity index (χ1n) is 9.44. The summed E-state index contributed by atoms with van der Waals surface area (Å²) < 4.78 is 3.36. The maximum absolute atomic E-state index is 12.9. The first-order chi connectivity index (χ1) is 12.2. The van der Waals surface area contributed by atoms with Crippen LogP contribution in [0.25, 0.3) is 11.0 Å². The molecule has 0 fully saturated rings. The van der Waals surface area contributed by atoms with Gasteiger partial charge in [-0.25, -0.2) is 9.67 Å².